The zero-order valence-electron chi connectivity index (χ0n) is 8.09. The smallest absolute Gasteiger partial charge is 0.308 e. The van der Waals surface area contributed by atoms with Gasteiger partial charge in [-0.1, -0.05) is 0 Å². The molecule has 0 fully saturated rings. The molecule has 0 saturated carbocycles. The molecule has 1 aromatic heterocycles. The van der Waals surface area contributed by atoms with E-state index < -0.39 is 12.1 Å². The van der Waals surface area contributed by atoms with Crippen LogP contribution in [0, 0.1) is 0 Å². The van der Waals surface area contributed by atoms with Gasteiger partial charge < -0.3 is 9.84 Å². The maximum Gasteiger partial charge on any atom is 0.308 e. The van der Waals surface area contributed by atoms with Gasteiger partial charge in [-0.25, -0.2) is 0 Å². The third kappa shape index (κ3) is 3.57. The molecule has 5 nitrogen and oxygen atoms in total. The average molecular weight is 198 g/mol. The minimum Gasteiger partial charge on any atom is -0.469 e. The van der Waals surface area contributed by atoms with E-state index in [2.05, 4.69) is 9.84 Å². The lowest BCUT2D eigenvalue weighted by atomic mass is 10.2. The summed E-state index contributed by atoms with van der Waals surface area (Å²) in [5.74, 6) is -0.391. The summed E-state index contributed by atoms with van der Waals surface area (Å²) >= 11 is 0. The summed E-state index contributed by atoms with van der Waals surface area (Å²) in [5.41, 5.74) is 0. The number of carbonyl (C=O) groups is 1. The molecule has 0 amide bonds. The number of hydrogen-bond donors (Lipinski definition) is 1. The molecule has 0 aliphatic rings. The van der Waals surface area contributed by atoms with Crippen molar-refractivity contribution in [3.8, 4) is 0 Å². The topological polar surface area (TPSA) is 64.3 Å². The van der Waals surface area contributed by atoms with Gasteiger partial charge in [0.1, 0.15) is 0 Å². The number of methoxy groups -OCH3 is 1. The number of aliphatic hydroxyl groups is 1. The van der Waals surface area contributed by atoms with Crippen molar-refractivity contribution in [3.05, 3.63) is 18.5 Å². The van der Waals surface area contributed by atoms with Gasteiger partial charge in [-0.15, -0.1) is 0 Å². The van der Waals surface area contributed by atoms with Crippen molar-refractivity contribution in [2.75, 3.05) is 7.11 Å². The Hall–Kier alpha value is -1.36. The Morgan fingerprint density at radius 3 is 3.07 bits per heavy atom. The van der Waals surface area contributed by atoms with E-state index in [0.29, 0.717) is 13.0 Å². The van der Waals surface area contributed by atoms with Gasteiger partial charge in [-0.2, -0.15) is 5.10 Å². The van der Waals surface area contributed by atoms with E-state index in [9.17, 15) is 9.90 Å². The number of rotatable bonds is 5. The molecule has 0 bridgehead atoms. The van der Waals surface area contributed by atoms with Gasteiger partial charge in [-0.05, 0) is 12.5 Å². The van der Waals surface area contributed by atoms with Crippen LogP contribution in [0.25, 0.3) is 0 Å². The van der Waals surface area contributed by atoms with E-state index in [0.717, 1.165) is 0 Å². The van der Waals surface area contributed by atoms with Gasteiger partial charge >= 0.3 is 5.97 Å². The Kier molecular flexibility index (Phi) is 4.12. The summed E-state index contributed by atoms with van der Waals surface area (Å²) < 4.78 is 6.15. The molecule has 14 heavy (non-hydrogen) atoms. The van der Waals surface area contributed by atoms with Crippen LogP contribution in [0.15, 0.2) is 18.5 Å². The predicted molar refractivity (Wildman–Crippen MR) is 49.5 cm³/mol. The van der Waals surface area contributed by atoms with Crippen molar-refractivity contribution in [3.63, 3.8) is 0 Å². The van der Waals surface area contributed by atoms with Gasteiger partial charge in [0.2, 0.25) is 0 Å². The maximum absolute atomic E-state index is 10.8. The number of aryl methyl sites for hydroxylation is 1. The lowest BCUT2D eigenvalue weighted by Crippen LogP contribution is -2.17. The molecule has 5 heteroatoms. The highest BCUT2D eigenvalue weighted by molar-refractivity contribution is 5.69. The Labute approximate surface area is 82.3 Å². The lowest BCUT2D eigenvalue weighted by molar-refractivity contribution is -0.142. The minimum atomic E-state index is -0.661. The number of hydrogen-bond acceptors (Lipinski definition) is 4. The minimum absolute atomic E-state index is 0.0395. The normalized spacial score (nSPS) is 12.4. The van der Waals surface area contributed by atoms with Crippen molar-refractivity contribution in [2.45, 2.75) is 25.5 Å². The summed E-state index contributed by atoms with van der Waals surface area (Å²) in [6, 6.07) is 1.81. The van der Waals surface area contributed by atoms with Crippen LogP contribution in [-0.4, -0.2) is 34.1 Å². The molecule has 1 heterocycles. The molecule has 1 aromatic rings. The fraction of sp³-hybridized carbons (Fsp3) is 0.556. The molecule has 1 rings (SSSR count). The van der Waals surface area contributed by atoms with Gasteiger partial charge in [-0.3, -0.25) is 9.48 Å². The van der Waals surface area contributed by atoms with Crippen molar-refractivity contribution >= 4 is 5.97 Å². The first-order chi connectivity index (χ1) is 6.72. The van der Waals surface area contributed by atoms with Gasteiger partial charge in [0.15, 0.2) is 0 Å². The Morgan fingerprint density at radius 1 is 1.71 bits per heavy atom. The molecular formula is C9H14N2O3. The summed E-state index contributed by atoms with van der Waals surface area (Å²) in [7, 11) is 1.31. The number of esters is 1. The highest BCUT2D eigenvalue weighted by Crippen LogP contribution is 2.01. The zero-order valence-corrected chi connectivity index (χ0v) is 8.09. The summed E-state index contributed by atoms with van der Waals surface area (Å²) in [4.78, 5) is 10.8. The Bertz CT molecular complexity index is 272. The van der Waals surface area contributed by atoms with Crippen LogP contribution < -0.4 is 0 Å². The largest absolute Gasteiger partial charge is 0.469 e. The van der Waals surface area contributed by atoms with Gasteiger partial charge in [0, 0.05) is 18.9 Å². The molecule has 0 aromatic carbocycles. The van der Waals surface area contributed by atoms with Crippen LogP contribution in [0.4, 0.5) is 0 Å². The fourth-order valence-corrected chi connectivity index (χ4v) is 1.09. The Balaban J connectivity index is 2.21. The second-order valence-electron chi connectivity index (χ2n) is 2.99. The number of ether oxygens (including phenoxy) is 1. The summed E-state index contributed by atoms with van der Waals surface area (Å²) in [5, 5.41) is 13.4. The molecule has 0 aliphatic carbocycles. The molecule has 0 radical (unpaired) electrons. The fourth-order valence-electron chi connectivity index (χ4n) is 1.09. The molecule has 0 spiro atoms. The van der Waals surface area contributed by atoms with E-state index in [1.807, 2.05) is 12.3 Å². The van der Waals surface area contributed by atoms with Crippen LogP contribution in [-0.2, 0) is 16.1 Å². The molecule has 1 atom stereocenters. The first kappa shape index (κ1) is 10.7. The monoisotopic (exact) mass is 198 g/mol. The van der Waals surface area contributed by atoms with Crippen molar-refractivity contribution in [1.29, 1.82) is 0 Å². The highest BCUT2D eigenvalue weighted by Gasteiger charge is 2.10. The van der Waals surface area contributed by atoms with Gasteiger partial charge in [0.25, 0.3) is 0 Å². The van der Waals surface area contributed by atoms with E-state index in [4.69, 9.17) is 0 Å². The first-order valence-corrected chi connectivity index (χ1v) is 4.44. The molecule has 1 N–H and O–H groups in total. The average Bonchev–Trinajstić information content (AvgIpc) is 2.67. The predicted octanol–water partition coefficient (Wildman–Crippen LogP) is 0.197. The highest BCUT2D eigenvalue weighted by atomic mass is 16.5. The third-order valence-electron chi connectivity index (χ3n) is 1.88. The second kappa shape index (κ2) is 5.39. The number of nitrogens with zero attached hydrogens (tertiary/aromatic N) is 2. The molecular weight excluding hydrogens is 184 g/mol. The maximum atomic E-state index is 10.8. The quantitative estimate of drug-likeness (QED) is 0.686. The zero-order chi connectivity index (χ0) is 10.4. The third-order valence-corrected chi connectivity index (χ3v) is 1.88. The molecule has 0 saturated heterocycles. The molecule has 0 unspecified atom stereocenters. The molecule has 78 valence electrons. The van der Waals surface area contributed by atoms with Crippen molar-refractivity contribution in [1.82, 2.24) is 9.78 Å². The van der Waals surface area contributed by atoms with Crippen molar-refractivity contribution in [2.24, 2.45) is 0 Å². The van der Waals surface area contributed by atoms with Crippen molar-refractivity contribution < 1.29 is 14.6 Å². The summed E-state index contributed by atoms with van der Waals surface area (Å²) in [6.07, 6.45) is 3.36. The standard InChI is InChI=1S/C9H14N2O3/c1-14-9(13)7-8(12)3-6-11-5-2-4-10-11/h2,4-5,8,12H,3,6-7H2,1H3/t8-/m1/s1. The van der Waals surface area contributed by atoms with Crippen LogP contribution in [0.2, 0.25) is 0 Å². The second-order valence-corrected chi connectivity index (χ2v) is 2.99. The van der Waals surface area contributed by atoms with E-state index in [1.54, 1.807) is 10.9 Å². The Morgan fingerprint density at radius 2 is 2.50 bits per heavy atom. The first-order valence-electron chi connectivity index (χ1n) is 4.44. The SMILES string of the molecule is COC(=O)C[C@H](O)CCn1cccn1. The van der Waals surface area contributed by atoms with Crippen LogP contribution in [0.1, 0.15) is 12.8 Å². The van der Waals surface area contributed by atoms with E-state index in [-0.39, 0.29) is 6.42 Å². The van der Waals surface area contributed by atoms with E-state index >= 15 is 0 Å². The van der Waals surface area contributed by atoms with Crippen LogP contribution >= 0.6 is 0 Å². The summed E-state index contributed by atoms with van der Waals surface area (Å²) in [6.45, 7) is 0.602. The lowest BCUT2D eigenvalue weighted by Gasteiger charge is -2.08. The van der Waals surface area contributed by atoms with Gasteiger partial charge in [0.05, 0.1) is 19.6 Å². The number of carbonyl (C=O) groups excluding carboxylic acids is 1. The van der Waals surface area contributed by atoms with Crippen LogP contribution in [0.5, 0.6) is 0 Å². The number of aromatic nitrogens is 2. The molecule has 0 aliphatic heterocycles. The van der Waals surface area contributed by atoms with Crippen LogP contribution in [0.3, 0.4) is 0 Å². The number of aliphatic hydroxyl groups excluding tert-OH is 1. The van der Waals surface area contributed by atoms with E-state index in [1.165, 1.54) is 7.11 Å².